The van der Waals surface area contributed by atoms with Crippen molar-refractivity contribution in [1.29, 1.82) is 0 Å². The summed E-state index contributed by atoms with van der Waals surface area (Å²) in [7, 11) is 0. The summed E-state index contributed by atoms with van der Waals surface area (Å²) in [6.45, 7) is 2.00. The minimum Gasteiger partial charge on any atom is -0.326 e. The minimum absolute atomic E-state index is 0.123. The zero-order valence-corrected chi connectivity index (χ0v) is 12.0. The molecule has 0 saturated carbocycles. The van der Waals surface area contributed by atoms with Gasteiger partial charge in [-0.3, -0.25) is 4.79 Å². The zero-order chi connectivity index (χ0) is 13.8. The van der Waals surface area contributed by atoms with Crippen LogP contribution in [0, 0.1) is 12.7 Å². The monoisotopic (exact) mass is 321 g/mol. The van der Waals surface area contributed by atoms with Crippen LogP contribution < -0.4 is 5.32 Å². The highest BCUT2D eigenvalue weighted by Gasteiger charge is 2.06. The molecule has 2 aromatic carbocycles. The lowest BCUT2D eigenvalue weighted by atomic mass is 10.1. The van der Waals surface area contributed by atoms with Crippen molar-refractivity contribution < 1.29 is 9.18 Å². The summed E-state index contributed by atoms with van der Waals surface area (Å²) in [5, 5.41) is 2.74. The van der Waals surface area contributed by atoms with E-state index in [1.54, 1.807) is 6.07 Å². The lowest BCUT2D eigenvalue weighted by Gasteiger charge is -2.06. The molecule has 0 saturated heterocycles. The van der Waals surface area contributed by atoms with Gasteiger partial charge in [0, 0.05) is 5.69 Å². The molecule has 1 N–H and O–H groups in total. The van der Waals surface area contributed by atoms with E-state index in [0.717, 1.165) is 11.1 Å². The minimum atomic E-state index is -0.350. The molecule has 0 aliphatic carbocycles. The molecule has 0 aliphatic rings. The molecule has 0 heterocycles. The number of benzene rings is 2. The van der Waals surface area contributed by atoms with E-state index in [-0.39, 0.29) is 11.7 Å². The van der Waals surface area contributed by atoms with E-state index in [4.69, 9.17) is 0 Å². The Morgan fingerprint density at radius 1 is 1.21 bits per heavy atom. The highest BCUT2D eigenvalue weighted by molar-refractivity contribution is 9.10. The fraction of sp³-hybridized carbons (Fsp3) is 0.133. The van der Waals surface area contributed by atoms with Crippen molar-refractivity contribution >= 4 is 27.5 Å². The highest BCUT2D eigenvalue weighted by Crippen LogP contribution is 2.20. The number of hydrogen-bond donors (Lipinski definition) is 1. The third kappa shape index (κ3) is 3.89. The molecule has 0 bridgehead atoms. The van der Waals surface area contributed by atoms with Crippen LogP contribution >= 0.6 is 15.9 Å². The number of aryl methyl sites for hydroxylation is 1. The van der Waals surface area contributed by atoms with Crippen LogP contribution in [0.2, 0.25) is 0 Å². The Bertz CT molecular complexity index is 596. The average Bonchev–Trinajstić information content (AvgIpc) is 2.37. The second-order valence-electron chi connectivity index (χ2n) is 4.34. The van der Waals surface area contributed by atoms with Crippen LogP contribution in [0.25, 0.3) is 0 Å². The van der Waals surface area contributed by atoms with E-state index in [1.165, 1.54) is 12.1 Å². The van der Waals surface area contributed by atoms with Crippen molar-refractivity contribution in [2.45, 2.75) is 13.3 Å². The van der Waals surface area contributed by atoms with Crippen LogP contribution in [0.4, 0.5) is 10.1 Å². The topological polar surface area (TPSA) is 29.1 Å². The summed E-state index contributed by atoms with van der Waals surface area (Å²) in [4.78, 5) is 11.8. The Balaban J connectivity index is 2.01. The third-order valence-corrected chi connectivity index (χ3v) is 3.30. The fourth-order valence-electron chi connectivity index (χ4n) is 1.67. The number of hydrogen-bond acceptors (Lipinski definition) is 1. The van der Waals surface area contributed by atoms with Gasteiger partial charge >= 0.3 is 0 Å². The van der Waals surface area contributed by atoms with E-state index >= 15 is 0 Å². The van der Waals surface area contributed by atoms with Gasteiger partial charge in [-0.25, -0.2) is 4.39 Å². The molecule has 0 fully saturated rings. The van der Waals surface area contributed by atoms with E-state index in [2.05, 4.69) is 21.2 Å². The van der Waals surface area contributed by atoms with Crippen LogP contribution in [-0.4, -0.2) is 5.91 Å². The van der Waals surface area contributed by atoms with Gasteiger partial charge in [0.25, 0.3) is 0 Å². The van der Waals surface area contributed by atoms with Crippen LogP contribution in [-0.2, 0) is 11.2 Å². The Morgan fingerprint density at radius 3 is 2.53 bits per heavy atom. The zero-order valence-electron chi connectivity index (χ0n) is 10.4. The molecule has 2 nitrogen and oxygen atoms in total. The summed E-state index contributed by atoms with van der Waals surface area (Å²) in [6.07, 6.45) is 0.301. The molecule has 2 rings (SSSR count). The Hall–Kier alpha value is -1.68. The Labute approximate surface area is 119 Å². The molecule has 19 heavy (non-hydrogen) atoms. The van der Waals surface area contributed by atoms with Gasteiger partial charge in [0.15, 0.2) is 0 Å². The van der Waals surface area contributed by atoms with Gasteiger partial charge in [-0.2, -0.15) is 0 Å². The summed E-state index contributed by atoms with van der Waals surface area (Å²) in [6, 6.07) is 12.2. The summed E-state index contributed by atoms with van der Waals surface area (Å²) in [5.74, 6) is -0.473. The quantitative estimate of drug-likeness (QED) is 0.906. The normalized spacial score (nSPS) is 10.3. The Kier molecular flexibility index (Phi) is 4.32. The average molecular weight is 322 g/mol. The van der Waals surface area contributed by atoms with Crippen LogP contribution in [0.5, 0.6) is 0 Å². The van der Waals surface area contributed by atoms with Crippen molar-refractivity contribution in [2.75, 3.05) is 5.32 Å². The summed E-state index contributed by atoms with van der Waals surface area (Å²) in [5.41, 5.74) is 2.68. The molecule has 2 aromatic rings. The second kappa shape index (κ2) is 5.97. The maximum atomic E-state index is 13.1. The first-order valence-corrected chi connectivity index (χ1v) is 6.64. The summed E-state index contributed by atoms with van der Waals surface area (Å²) < 4.78 is 13.4. The Morgan fingerprint density at radius 2 is 1.89 bits per heavy atom. The largest absolute Gasteiger partial charge is 0.326 e. The van der Waals surface area contributed by atoms with Crippen LogP contribution in [0.1, 0.15) is 11.1 Å². The second-order valence-corrected chi connectivity index (χ2v) is 5.19. The SMILES string of the molecule is Cc1ccc(CC(=O)Nc2ccc(F)c(Br)c2)cc1. The lowest BCUT2D eigenvalue weighted by Crippen LogP contribution is -2.14. The molecule has 0 aromatic heterocycles. The van der Waals surface area contributed by atoms with Crippen molar-refractivity contribution in [1.82, 2.24) is 0 Å². The van der Waals surface area contributed by atoms with E-state index in [9.17, 15) is 9.18 Å². The predicted octanol–water partition coefficient (Wildman–Crippen LogP) is 4.08. The number of carbonyl (C=O) groups excluding carboxylic acids is 1. The molecular formula is C15H13BrFNO. The molecule has 98 valence electrons. The number of nitrogens with one attached hydrogen (secondary N) is 1. The van der Waals surface area contributed by atoms with Gasteiger partial charge in [0.2, 0.25) is 5.91 Å². The molecule has 0 spiro atoms. The smallest absolute Gasteiger partial charge is 0.228 e. The van der Waals surface area contributed by atoms with E-state index in [0.29, 0.717) is 16.6 Å². The van der Waals surface area contributed by atoms with Gasteiger partial charge in [0.05, 0.1) is 10.9 Å². The molecular weight excluding hydrogens is 309 g/mol. The maximum absolute atomic E-state index is 13.1. The van der Waals surface area contributed by atoms with Gasteiger partial charge in [0.1, 0.15) is 5.82 Å². The third-order valence-electron chi connectivity index (χ3n) is 2.69. The molecule has 0 aliphatic heterocycles. The summed E-state index contributed by atoms with van der Waals surface area (Å²) >= 11 is 3.08. The lowest BCUT2D eigenvalue weighted by molar-refractivity contribution is -0.115. The molecule has 1 amide bonds. The number of anilines is 1. The number of carbonyl (C=O) groups is 1. The first-order valence-electron chi connectivity index (χ1n) is 5.85. The first kappa shape index (κ1) is 13.7. The van der Waals surface area contributed by atoms with E-state index in [1.807, 2.05) is 31.2 Å². The molecule has 4 heteroatoms. The van der Waals surface area contributed by atoms with Crippen molar-refractivity contribution in [3.8, 4) is 0 Å². The molecule has 0 unspecified atom stereocenters. The number of amides is 1. The van der Waals surface area contributed by atoms with Crippen molar-refractivity contribution in [3.05, 3.63) is 63.9 Å². The van der Waals surface area contributed by atoms with Crippen molar-refractivity contribution in [3.63, 3.8) is 0 Å². The van der Waals surface area contributed by atoms with Gasteiger partial charge in [-0.1, -0.05) is 29.8 Å². The molecule has 0 radical (unpaired) electrons. The fourth-order valence-corrected chi connectivity index (χ4v) is 2.05. The van der Waals surface area contributed by atoms with Gasteiger partial charge < -0.3 is 5.32 Å². The van der Waals surface area contributed by atoms with Crippen LogP contribution in [0.3, 0.4) is 0 Å². The van der Waals surface area contributed by atoms with E-state index < -0.39 is 0 Å². The standard InChI is InChI=1S/C15H13BrFNO/c1-10-2-4-11(5-3-10)8-15(19)18-12-6-7-14(17)13(16)9-12/h2-7,9H,8H2,1H3,(H,18,19). The highest BCUT2D eigenvalue weighted by atomic mass is 79.9. The van der Waals surface area contributed by atoms with Gasteiger partial charge in [-0.15, -0.1) is 0 Å². The number of halogens is 2. The van der Waals surface area contributed by atoms with Crippen LogP contribution in [0.15, 0.2) is 46.9 Å². The number of rotatable bonds is 3. The predicted molar refractivity (Wildman–Crippen MR) is 77.6 cm³/mol. The van der Waals surface area contributed by atoms with Crippen molar-refractivity contribution in [2.24, 2.45) is 0 Å². The maximum Gasteiger partial charge on any atom is 0.228 e. The first-order chi connectivity index (χ1) is 9.04. The van der Waals surface area contributed by atoms with Gasteiger partial charge in [-0.05, 0) is 46.6 Å². The molecule has 0 atom stereocenters.